The number of anilines is 1. The lowest BCUT2D eigenvalue weighted by Crippen LogP contribution is -2.11. The molecule has 0 saturated heterocycles. The number of ether oxygens (including phenoxy) is 1. The van der Waals surface area contributed by atoms with Crippen LogP contribution in [0, 0.1) is 0 Å². The average molecular weight is 254 g/mol. The number of esters is 1. The molecule has 6 heteroatoms. The van der Waals surface area contributed by atoms with Gasteiger partial charge in [0, 0.05) is 5.39 Å². The number of carbonyl (C=O) groups excluding carboxylic acids is 1. The Hall–Kier alpha value is -1.85. The van der Waals surface area contributed by atoms with Gasteiger partial charge in [0.25, 0.3) is 0 Å². The van der Waals surface area contributed by atoms with Crippen LogP contribution in [0.15, 0.2) is 30.3 Å². The number of para-hydroxylation sites is 1. The maximum atomic E-state index is 11.4. The van der Waals surface area contributed by atoms with Crippen LogP contribution in [-0.2, 0) is 4.74 Å². The van der Waals surface area contributed by atoms with E-state index in [2.05, 4.69) is 15.1 Å². The lowest BCUT2D eigenvalue weighted by Gasteiger charge is -2.07. The number of nitrogens with one attached hydrogen (secondary N) is 1. The van der Waals surface area contributed by atoms with Crippen LogP contribution >= 0.6 is 12.4 Å². The number of pyridine rings is 1. The Morgan fingerprint density at radius 1 is 1.41 bits per heavy atom. The number of hydrogen-bond donors (Lipinski definition) is 2. The van der Waals surface area contributed by atoms with Gasteiger partial charge in [0.2, 0.25) is 0 Å². The zero-order valence-corrected chi connectivity index (χ0v) is 9.95. The van der Waals surface area contributed by atoms with Gasteiger partial charge in [0.15, 0.2) is 5.69 Å². The van der Waals surface area contributed by atoms with Crippen molar-refractivity contribution in [2.75, 3.05) is 12.5 Å². The molecular formula is C11H12ClN3O2. The monoisotopic (exact) mass is 253 g/mol. The maximum absolute atomic E-state index is 11.4. The lowest BCUT2D eigenvalue weighted by molar-refractivity contribution is 0.0594. The summed E-state index contributed by atoms with van der Waals surface area (Å²) in [6.45, 7) is 0. The molecule has 17 heavy (non-hydrogen) atoms. The SMILES string of the molecule is COC(=O)c1cc(NN)c2ccccc2n1.Cl. The summed E-state index contributed by atoms with van der Waals surface area (Å²) in [4.78, 5) is 15.6. The first-order chi connectivity index (χ1) is 7.76. The molecule has 3 N–H and O–H groups in total. The fourth-order valence-electron chi connectivity index (χ4n) is 1.50. The number of fused-ring (bicyclic) bond motifs is 1. The molecule has 0 aliphatic carbocycles. The Morgan fingerprint density at radius 3 is 2.76 bits per heavy atom. The van der Waals surface area contributed by atoms with Crippen LogP contribution in [-0.4, -0.2) is 18.1 Å². The first-order valence-corrected chi connectivity index (χ1v) is 4.71. The second-order valence-electron chi connectivity index (χ2n) is 3.21. The van der Waals surface area contributed by atoms with Crippen molar-refractivity contribution in [2.24, 2.45) is 5.84 Å². The van der Waals surface area contributed by atoms with E-state index in [0.29, 0.717) is 11.2 Å². The van der Waals surface area contributed by atoms with Crippen molar-refractivity contribution in [1.29, 1.82) is 0 Å². The van der Waals surface area contributed by atoms with E-state index >= 15 is 0 Å². The Balaban J connectivity index is 0.00000144. The van der Waals surface area contributed by atoms with Crippen molar-refractivity contribution < 1.29 is 9.53 Å². The number of halogens is 1. The Labute approximate surface area is 104 Å². The number of nitrogens with zero attached hydrogens (tertiary/aromatic N) is 1. The quantitative estimate of drug-likeness (QED) is 0.484. The van der Waals surface area contributed by atoms with Crippen molar-refractivity contribution in [1.82, 2.24) is 4.98 Å². The van der Waals surface area contributed by atoms with E-state index in [1.165, 1.54) is 7.11 Å². The minimum absolute atomic E-state index is 0. The number of hydrazine groups is 1. The van der Waals surface area contributed by atoms with E-state index in [-0.39, 0.29) is 18.1 Å². The predicted octanol–water partition coefficient (Wildman–Crippen LogP) is 1.73. The molecule has 2 rings (SSSR count). The molecule has 0 aliphatic heterocycles. The third-order valence-corrected chi connectivity index (χ3v) is 2.27. The minimum Gasteiger partial charge on any atom is -0.464 e. The van der Waals surface area contributed by atoms with Crippen LogP contribution in [0.3, 0.4) is 0 Å². The summed E-state index contributed by atoms with van der Waals surface area (Å²) in [5.41, 5.74) is 4.11. The second-order valence-corrected chi connectivity index (χ2v) is 3.21. The van der Waals surface area contributed by atoms with Crippen molar-refractivity contribution >= 4 is 35.0 Å². The lowest BCUT2D eigenvalue weighted by atomic mass is 10.1. The fourth-order valence-corrected chi connectivity index (χ4v) is 1.50. The van der Waals surface area contributed by atoms with Gasteiger partial charge in [-0.25, -0.2) is 9.78 Å². The van der Waals surface area contributed by atoms with Gasteiger partial charge in [0.05, 0.1) is 18.3 Å². The van der Waals surface area contributed by atoms with Crippen molar-refractivity contribution in [3.8, 4) is 0 Å². The molecule has 5 nitrogen and oxygen atoms in total. The molecule has 1 aromatic heterocycles. The molecule has 0 spiro atoms. The summed E-state index contributed by atoms with van der Waals surface area (Å²) in [7, 11) is 1.31. The molecular weight excluding hydrogens is 242 g/mol. The molecule has 0 bridgehead atoms. The highest BCUT2D eigenvalue weighted by Crippen LogP contribution is 2.22. The summed E-state index contributed by atoms with van der Waals surface area (Å²) >= 11 is 0. The molecule has 2 aromatic rings. The van der Waals surface area contributed by atoms with Gasteiger partial charge in [-0.3, -0.25) is 5.84 Å². The van der Waals surface area contributed by atoms with Crippen LogP contribution in [0.4, 0.5) is 5.69 Å². The van der Waals surface area contributed by atoms with E-state index in [9.17, 15) is 4.79 Å². The van der Waals surface area contributed by atoms with E-state index in [1.807, 2.05) is 24.3 Å². The van der Waals surface area contributed by atoms with Gasteiger partial charge in [-0.05, 0) is 12.1 Å². The molecule has 0 saturated carbocycles. The zero-order valence-electron chi connectivity index (χ0n) is 9.14. The molecule has 0 radical (unpaired) electrons. The van der Waals surface area contributed by atoms with Gasteiger partial charge < -0.3 is 10.2 Å². The summed E-state index contributed by atoms with van der Waals surface area (Å²) < 4.78 is 4.61. The van der Waals surface area contributed by atoms with Crippen molar-refractivity contribution in [3.63, 3.8) is 0 Å². The first-order valence-electron chi connectivity index (χ1n) is 4.71. The Bertz CT molecular complexity index is 545. The molecule has 0 atom stereocenters. The normalized spacial score (nSPS) is 9.53. The predicted molar refractivity (Wildman–Crippen MR) is 68.1 cm³/mol. The van der Waals surface area contributed by atoms with E-state index in [1.54, 1.807) is 6.07 Å². The third-order valence-electron chi connectivity index (χ3n) is 2.27. The maximum Gasteiger partial charge on any atom is 0.356 e. The van der Waals surface area contributed by atoms with Gasteiger partial charge in [0.1, 0.15) is 0 Å². The Kier molecular flexibility index (Phi) is 4.25. The van der Waals surface area contributed by atoms with Crippen LogP contribution in [0.2, 0.25) is 0 Å². The molecule has 1 heterocycles. The summed E-state index contributed by atoms with van der Waals surface area (Å²) in [5, 5.41) is 0.859. The highest BCUT2D eigenvalue weighted by molar-refractivity contribution is 5.97. The zero-order chi connectivity index (χ0) is 11.5. The number of benzene rings is 1. The number of hydrogen-bond acceptors (Lipinski definition) is 5. The molecule has 0 fully saturated rings. The molecule has 0 aliphatic rings. The Morgan fingerprint density at radius 2 is 2.12 bits per heavy atom. The molecule has 90 valence electrons. The van der Waals surface area contributed by atoms with E-state index in [0.717, 1.165) is 5.39 Å². The van der Waals surface area contributed by atoms with Crippen molar-refractivity contribution in [3.05, 3.63) is 36.0 Å². The van der Waals surface area contributed by atoms with Crippen LogP contribution in [0.5, 0.6) is 0 Å². The highest BCUT2D eigenvalue weighted by atomic mass is 35.5. The summed E-state index contributed by atoms with van der Waals surface area (Å²) in [6.07, 6.45) is 0. The minimum atomic E-state index is -0.484. The van der Waals surface area contributed by atoms with Crippen LogP contribution in [0.1, 0.15) is 10.5 Å². The fraction of sp³-hybridized carbons (Fsp3) is 0.0909. The van der Waals surface area contributed by atoms with Crippen LogP contribution in [0.25, 0.3) is 10.9 Å². The summed E-state index contributed by atoms with van der Waals surface area (Å²) in [6, 6.07) is 8.97. The van der Waals surface area contributed by atoms with Gasteiger partial charge in [-0.2, -0.15) is 0 Å². The van der Waals surface area contributed by atoms with Gasteiger partial charge in [-0.1, -0.05) is 18.2 Å². The molecule has 0 unspecified atom stereocenters. The highest BCUT2D eigenvalue weighted by Gasteiger charge is 2.11. The number of carbonyl (C=O) groups is 1. The largest absolute Gasteiger partial charge is 0.464 e. The smallest absolute Gasteiger partial charge is 0.356 e. The topological polar surface area (TPSA) is 77.2 Å². The number of methoxy groups -OCH3 is 1. The molecule has 0 amide bonds. The average Bonchev–Trinajstić information content (AvgIpc) is 2.36. The summed E-state index contributed by atoms with van der Waals surface area (Å²) in [5.74, 6) is 4.91. The number of nitrogens with two attached hydrogens (primary N) is 1. The van der Waals surface area contributed by atoms with Gasteiger partial charge in [-0.15, -0.1) is 12.4 Å². The van der Waals surface area contributed by atoms with E-state index in [4.69, 9.17) is 5.84 Å². The van der Waals surface area contributed by atoms with Gasteiger partial charge >= 0.3 is 5.97 Å². The number of aromatic nitrogens is 1. The number of rotatable bonds is 2. The molecule has 1 aromatic carbocycles. The second kappa shape index (κ2) is 5.47. The van der Waals surface area contributed by atoms with Crippen molar-refractivity contribution in [2.45, 2.75) is 0 Å². The standard InChI is InChI=1S/C11H11N3O2.ClH/c1-16-11(15)10-6-9(14-12)7-4-2-3-5-8(7)13-10;/h2-6H,12H2,1H3,(H,13,14);1H. The first kappa shape index (κ1) is 13.2. The number of nitrogen functional groups attached to an aromatic ring is 1. The third kappa shape index (κ3) is 2.46. The van der Waals surface area contributed by atoms with E-state index < -0.39 is 5.97 Å². The van der Waals surface area contributed by atoms with Crippen LogP contribution < -0.4 is 11.3 Å².